The summed E-state index contributed by atoms with van der Waals surface area (Å²) in [5.74, 6) is 0.643. The number of imidazole rings is 1. The second kappa shape index (κ2) is 9.19. The number of nitrogen functional groups attached to an aromatic ring is 1. The summed E-state index contributed by atoms with van der Waals surface area (Å²) in [5.41, 5.74) is 7.52. The van der Waals surface area contributed by atoms with Gasteiger partial charge in [-0.15, -0.1) is 13.2 Å². The molecule has 4 aromatic rings. The van der Waals surface area contributed by atoms with E-state index < -0.39 is 18.7 Å². The number of alkyl halides is 3. The summed E-state index contributed by atoms with van der Waals surface area (Å²) in [7, 11) is 0. The predicted molar refractivity (Wildman–Crippen MR) is 118 cm³/mol. The molecule has 1 aromatic carbocycles. The fourth-order valence-electron chi connectivity index (χ4n) is 3.18. The van der Waals surface area contributed by atoms with Crippen LogP contribution in [0.25, 0.3) is 11.2 Å². The summed E-state index contributed by atoms with van der Waals surface area (Å²) in [4.78, 5) is 27.7. The average Bonchev–Trinajstić information content (AvgIpc) is 3.06. The van der Waals surface area contributed by atoms with Crippen LogP contribution in [0.2, 0.25) is 0 Å². The highest BCUT2D eigenvalue weighted by Gasteiger charge is 2.29. The number of halogens is 4. The number of ether oxygens (including phenoxy) is 1. The van der Waals surface area contributed by atoms with Crippen LogP contribution in [0.1, 0.15) is 16.7 Å². The number of hydrogen-bond acceptors (Lipinski definition) is 7. The first-order valence-corrected chi connectivity index (χ1v) is 10.3. The Morgan fingerprint density at radius 3 is 2.76 bits per heavy atom. The topological polar surface area (TPSA) is 124 Å². The lowest BCUT2D eigenvalue weighted by atomic mass is 10.1. The Kier molecular flexibility index (Phi) is 6.33. The van der Waals surface area contributed by atoms with E-state index in [2.05, 4.69) is 45.9 Å². The third-order valence-electron chi connectivity index (χ3n) is 4.70. The molecule has 0 amide bonds. The van der Waals surface area contributed by atoms with E-state index in [4.69, 9.17) is 5.73 Å². The van der Waals surface area contributed by atoms with Crippen LogP contribution >= 0.6 is 15.9 Å². The summed E-state index contributed by atoms with van der Waals surface area (Å²) in [6.07, 6.45) is -1.73. The van der Waals surface area contributed by atoms with Crippen molar-refractivity contribution >= 4 is 38.9 Å². The molecule has 13 heteroatoms. The van der Waals surface area contributed by atoms with Crippen molar-refractivity contribution in [3.63, 3.8) is 0 Å². The molecule has 0 aliphatic heterocycles. The highest BCUT2D eigenvalue weighted by atomic mass is 79.9. The minimum absolute atomic E-state index is 0.0217. The van der Waals surface area contributed by atoms with E-state index >= 15 is 0 Å². The van der Waals surface area contributed by atoms with Gasteiger partial charge in [0.25, 0.3) is 0 Å². The number of nitrogens with zero attached hydrogens (tertiary/aromatic N) is 4. The molecule has 172 valence electrons. The van der Waals surface area contributed by atoms with E-state index in [9.17, 15) is 18.0 Å². The first kappa shape index (κ1) is 22.7. The molecule has 0 fully saturated rings. The largest absolute Gasteiger partial charge is 0.522 e. The minimum atomic E-state index is -4.77. The normalized spacial score (nSPS) is 11.8. The van der Waals surface area contributed by atoms with E-state index in [-0.39, 0.29) is 12.5 Å². The van der Waals surface area contributed by atoms with Gasteiger partial charge in [-0.2, -0.15) is 4.98 Å². The molecule has 9 nitrogen and oxygen atoms in total. The van der Waals surface area contributed by atoms with E-state index in [1.54, 1.807) is 30.5 Å². The lowest BCUT2D eigenvalue weighted by Crippen LogP contribution is -2.19. The van der Waals surface area contributed by atoms with Crippen LogP contribution in [0, 0.1) is 0 Å². The van der Waals surface area contributed by atoms with Gasteiger partial charge in [-0.3, -0.25) is 9.30 Å². The van der Waals surface area contributed by atoms with Crippen molar-refractivity contribution in [3.05, 3.63) is 74.4 Å². The Balaban J connectivity index is 1.62. The number of anilines is 2. The molecule has 0 saturated carbocycles. The van der Waals surface area contributed by atoms with Crippen LogP contribution in [0.4, 0.5) is 24.9 Å². The first-order chi connectivity index (χ1) is 15.7. The van der Waals surface area contributed by atoms with Crippen LogP contribution in [0.3, 0.4) is 0 Å². The lowest BCUT2D eigenvalue weighted by molar-refractivity contribution is -0.330. The molecule has 0 aliphatic carbocycles. The molecule has 3 heterocycles. The smallest absolute Gasteiger partial charge is 0.384 e. The van der Waals surface area contributed by atoms with Crippen molar-refractivity contribution in [2.75, 3.05) is 11.1 Å². The van der Waals surface area contributed by atoms with Gasteiger partial charge in [0.1, 0.15) is 11.3 Å². The number of benzene rings is 1. The molecule has 0 radical (unpaired) electrons. The number of aromatic nitrogens is 5. The van der Waals surface area contributed by atoms with E-state index in [0.29, 0.717) is 39.1 Å². The second-order valence-corrected chi connectivity index (χ2v) is 7.95. The van der Waals surface area contributed by atoms with Crippen molar-refractivity contribution in [2.45, 2.75) is 26.1 Å². The fraction of sp³-hybridized carbons (Fsp3) is 0.200. The maximum atomic E-state index is 12.6. The van der Waals surface area contributed by atoms with Crippen molar-refractivity contribution in [3.8, 4) is 0 Å². The number of nitrogens with two attached hydrogens (primary N) is 1. The van der Waals surface area contributed by atoms with Crippen LogP contribution in [0.15, 0.2) is 52.0 Å². The zero-order chi connectivity index (χ0) is 23.6. The van der Waals surface area contributed by atoms with Gasteiger partial charge >= 0.3 is 12.1 Å². The fourth-order valence-corrected chi connectivity index (χ4v) is 3.58. The van der Waals surface area contributed by atoms with Gasteiger partial charge in [-0.05, 0) is 41.0 Å². The van der Waals surface area contributed by atoms with E-state index in [1.165, 1.54) is 16.8 Å². The third kappa shape index (κ3) is 5.68. The molecule has 4 rings (SSSR count). The Bertz CT molecular complexity index is 1350. The number of nitrogens with one attached hydrogen (secondary N) is 2. The Hall–Kier alpha value is -3.45. The molecule has 0 bridgehead atoms. The molecular weight excluding hydrogens is 507 g/mol. The molecule has 0 unspecified atom stereocenters. The predicted octanol–water partition coefficient (Wildman–Crippen LogP) is 3.56. The summed E-state index contributed by atoms with van der Waals surface area (Å²) >= 11 is 3.31. The minimum Gasteiger partial charge on any atom is -0.384 e. The van der Waals surface area contributed by atoms with Crippen molar-refractivity contribution in [1.82, 2.24) is 24.5 Å². The van der Waals surface area contributed by atoms with Crippen molar-refractivity contribution in [2.24, 2.45) is 0 Å². The van der Waals surface area contributed by atoms with Gasteiger partial charge in [0, 0.05) is 17.2 Å². The van der Waals surface area contributed by atoms with Crippen molar-refractivity contribution in [1.29, 1.82) is 0 Å². The monoisotopic (exact) mass is 523 g/mol. The van der Waals surface area contributed by atoms with Crippen LogP contribution < -0.4 is 16.7 Å². The van der Waals surface area contributed by atoms with Crippen LogP contribution in [0.5, 0.6) is 0 Å². The Morgan fingerprint density at radius 1 is 1.18 bits per heavy atom. The highest BCUT2D eigenvalue weighted by Crippen LogP contribution is 2.24. The molecule has 33 heavy (non-hydrogen) atoms. The van der Waals surface area contributed by atoms with E-state index in [0.717, 1.165) is 5.56 Å². The lowest BCUT2D eigenvalue weighted by Gasteiger charge is -2.13. The number of aromatic amines is 1. The van der Waals surface area contributed by atoms with Crippen LogP contribution in [-0.2, 0) is 24.4 Å². The summed E-state index contributed by atoms with van der Waals surface area (Å²) < 4.78 is 43.6. The number of H-pyrrole nitrogens is 1. The molecule has 0 atom stereocenters. The SMILES string of the molecule is Nc1cc(CNc2ncc3[nH]c(=O)n(Cc4cc(Br)ccc4COC(F)(F)F)c3n2)ccn1. The average molecular weight is 524 g/mol. The van der Waals surface area contributed by atoms with Gasteiger partial charge in [0.05, 0.1) is 19.3 Å². The molecule has 4 N–H and O–H groups in total. The quantitative estimate of drug-likeness (QED) is 0.338. The number of rotatable bonds is 7. The Labute approximate surface area is 193 Å². The molecule has 0 saturated heterocycles. The summed E-state index contributed by atoms with van der Waals surface area (Å²) in [6, 6.07) is 8.23. The van der Waals surface area contributed by atoms with Gasteiger partial charge in [0.15, 0.2) is 5.65 Å². The maximum absolute atomic E-state index is 12.6. The first-order valence-electron chi connectivity index (χ1n) is 9.56. The number of fused-ring (bicyclic) bond motifs is 1. The zero-order valence-electron chi connectivity index (χ0n) is 16.9. The highest BCUT2D eigenvalue weighted by molar-refractivity contribution is 9.10. The molecule has 3 aromatic heterocycles. The molecule has 0 spiro atoms. The molecular formula is C20H17BrF3N7O2. The summed E-state index contributed by atoms with van der Waals surface area (Å²) in [6.45, 7) is -0.330. The van der Waals surface area contributed by atoms with Crippen LogP contribution in [-0.4, -0.2) is 30.9 Å². The van der Waals surface area contributed by atoms with Gasteiger partial charge < -0.3 is 16.0 Å². The van der Waals surface area contributed by atoms with Gasteiger partial charge in [0.2, 0.25) is 5.95 Å². The number of pyridine rings is 1. The molecule has 0 aliphatic rings. The van der Waals surface area contributed by atoms with E-state index in [1.807, 2.05) is 0 Å². The number of hydrogen-bond donors (Lipinski definition) is 3. The summed E-state index contributed by atoms with van der Waals surface area (Å²) in [5, 5.41) is 3.05. The second-order valence-electron chi connectivity index (χ2n) is 7.04. The van der Waals surface area contributed by atoms with Crippen molar-refractivity contribution < 1.29 is 17.9 Å². The van der Waals surface area contributed by atoms with Gasteiger partial charge in [-0.25, -0.2) is 14.8 Å². The van der Waals surface area contributed by atoms with Gasteiger partial charge in [-0.1, -0.05) is 22.0 Å². The Morgan fingerprint density at radius 2 is 2.00 bits per heavy atom. The maximum Gasteiger partial charge on any atom is 0.522 e. The standard InChI is InChI=1S/C20H17BrF3N7O2/c21-14-2-1-12(10-33-20(22,23)24)13(6-14)9-31-17-15(29-19(31)32)8-28-18(30-17)27-7-11-3-4-26-16(25)5-11/h1-6,8H,7,9-10H2,(H2,25,26)(H,29,32)(H,27,28,30). The third-order valence-corrected chi connectivity index (χ3v) is 5.19. The zero-order valence-corrected chi connectivity index (χ0v) is 18.4.